The molecule has 4 nitrogen and oxygen atoms in total. The molecule has 0 amide bonds. The Hall–Kier alpha value is -1.16. The summed E-state index contributed by atoms with van der Waals surface area (Å²) in [7, 11) is 0. The molecule has 0 bridgehead atoms. The van der Waals surface area contributed by atoms with Crippen LogP contribution in [0.2, 0.25) is 0 Å². The number of aromatic nitrogens is 2. The maximum atomic E-state index is 4.24. The Morgan fingerprint density at radius 1 is 1.16 bits per heavy atom. The van der Waals surface area contributed by atoms with Gasteiger partial charge >= 0.3 is 0 Å². The van der Waals surface area contributed by atoms with Gasteiger partial charge in [0.2, 0.25) is 0 Å². The molecule has 0 radical (unpaired) electrons. The molecule has 0 atom stereocenters. The van der Waals surface area contributed by atoms with Crippen LogP contribution in [0.3, 0.4) is 0 Å². The molecular weight excluding hydrogens is 236 g/mol. The van der Waals surface area contributed by atoms with Crippen molar-refractivity contribution >= 4 is 5.82 Å². The minimum Gasteiger partial charge on any atom is -0.355 e. The van der Waals surface area contributed by atoms with E-state index in [1.165, 1.54) is 12.8 Å². The molecule has 2 rings (SSSR count). The van der Waals surface area contributed by atoms with E-state index in [2.05, 4.69) is 40.3 Å². The minimum absolute atomic E-state index is 0.575. The van der Waals surface area contributed by atoms with Crippen LogP contribution in [0.15, 0.2) is 12.1 Å². The van der Waals surface area contributed by atoms with E-state index in [1.807, 2.05) is 26.8 Å². The SMILES string of the molecule is CC.Cc1ccc(N2CCC(NC(C)C)CC2)nn1. The van der Waals surface area contributed by atoms with Crippen molar-refractivity contribution in [3.8, 4) is 0 Å². The molecule has 1 aromatic rings. The van der Waals surface area contributed by atoms with Crippen molar-refractivity contribution in [3.63, 3.8) is 0 Å². The monoisotopic (exact) mass is 264 g/mol. The van der Waals surface area contributed by atoms with Crippen molar-refractivity contribution in [1.82, 2.24) is 15.5 Å². The molecule has 0 aliphatic carbocycles. The second kappa shape index (κ2) is 8.10. The molecule has 1 saturated heterocycles. The summed E-state index contributed by atoms with van der Waals surface area (Å²) in [5.41, 5.74) is 0.977. The highest BCUT2D eigenvalue weighted by molar-refractivity contribution is 5.37. The lowest BCUT2D eigenvalue weighted by molar-refractivity contribution is 0.386. The largest absolute Gasteiger partial charge is 0.355 e. The topological polar surface area (TPSA) is 41.0 Å². The van der Waals surface area contributed by atoms with Gasteiger partial charge in [0.05, 0.1) is 5.69 Å². The number of nitrogens with zero attached hydrogens (tertiary/aromatic N) is 3. The summed E-state index contributed by atoms with van der Waals surface area (Å²) in [4.78, 5) is 2.32. The maximum absolute atomic E-state index is 4.24. The van der Waals surface area contributed by atoms with Crippen LogP contribution in [-0.4, -0.2) is 35.4 Å². The zero-order valence-corrected chi connectivity index (χ0v) is 13.0. The van der Waals surface area contributed by atoms with E-state index in [-0.39, 0.29) is 0 Å². The highest BCUT2D eigenvalue weighted by Gasteiger charge is 2.20. The highest BCUT2D eigenvalue weighted by atomic mass is 15.3. The summed E-state index contributed by atoms with van der Waals surface area (Å²) < 4.78 is 0. The average Bonchev–Trinajstić information content (AvgIpc) is 2.42. The van der Waals surface area contributed by atoms with Gasteiger partial charge in [0.25, 0.3) is 0 Å². The first-order valence-corrected chi connectivity index (χ1v) is 7.46. The highest BCUT2D eigenvalue weighted by Crippen LogP contribution is 2.17. The third kappa shape index (κ3) is 5.15. The third-order valence-corrected chi connectivity index (χ3v) is 3.17. The molecule has 0 aromatic carbocycles. The van der Waals surface area contributed by atoms with Crippen molar-refractivity contribution < 1.29 is 0 Å². The van der Waals surface area contributed by atoms with Crippen LogP contribution in [0.1, 0.15) is 46.2 Å². The van der Waals surface area contributed by atoms with E-state index in [9.17, 15) is 0 Å². The van der Waals surface area contributed by atoms with Crippen molar-refractivity contribution in [2.75, 3.05) is 18.0 Å². The third-order valence-electron chi connectivity index (χ3n) is 3.17. The number of aryl methyl sites for hydroxylation is 1. The summed E-state index contributed by atoms with van der Waals surface area (Å²) in [6.07, 6.45) is 2.38. The fourth-order valence-electron chi connectivity index (χ4n) is 2.31. The second-order valence-corrected chi connectivity index (χ2v) is 5.12. The molecule has 1 aliphatic heterocycles. The molecule has 1 aromatic heterocycles. The van der Waals surface area contributed by atoms with E-state index in [0.717, 1.165) is 24.6 Å². The van der Waals surface area contributed by atoms with E-state index in [4.69, 9.17) is 0 Å². The molecular formula is C15H28N4. The first kappa shape index (κ1) is 15.9. The minimum atomic E-state index is 0.575. The van der Waals surface area contributed by atoms with Gasteiger partial charge in [0.1, 0.15) is 0 Å². The molecule has 1 fully saturated rings. The summed E-state index contributed by atoms with van der Waals surface area (Å²) in [5, 5.41) is 12.0. The van der Waals surface area contributed by atoms with E-state index < -0.39 is 0 Å². The van der Waals surface area contributed by atoms with Crippen LogP contribution in [0, 0.1) is 6.92 Å². The van der Waals surface area contributed by atoms with Crippen LogP contribution >= 0.6 is 0 Å². The lowest BCUT2D eigenvalue weighted by Gasteiger charge is -2.33. The van der Waals surface area contributed by atoms with Crippen molar-refractivity contribution in [2.45, 2.75) is 59.5 Å². The van der Waals surface area contributed by atoms with Gasteiger partial charge < -0.3 is 10.2 Å². The van der Waals surface area contributed by atoms with E-state index >= 15 is 0 Å². The predicted octanol–water partition coefficient (Wildman–Crippen LogP) is 2.78. The zero-order chi connectivity index (χ0) is 14.3. The van der Waals surface area contributed by atoms with Crippen molar-refractivity contribution in [2.24, 2.45) is 0 Å². The number of rotatable bonds is 3. The number of anilines is 1. The Kier molecular flexibility index (Phi) is 6.78. The number of hydrogen-bond acceptors (Lipinski definition) is 4. The van der Waals surface area contributed by atoms with Gasteiger partial charge in [-0.05, 0) is 31.9 Å². The van der Waals surface area contributed by atoms with E-state index in [0.29, 0.717) is 12.1 Å². The Morgan fingerprint density at radius 2 is 1.79 bits per heavy atom. The van der Waals surface area contributed by atoms with Crippen LogP contribution in [0.4, 0.5) is 5.82 Å². The quantitative estimate of drug-likeness (QED) is 0.911. The van der Waals surface area contributed by atoms with Gasteiger partial charge in [0.15, 0.2) is 5.82 Å². The first-order valence-electron chi connectivity index (χ1n) is 7.46. The molecule has 108 valence electrons. The molecule has 0 saturated carbocycles. The zero-order valence-electron chi connectivity index (χ0n) is 13.0. The fourth-order valence-corrected chi connectivity index (χ4v) is 2.31. The Bertz CT molecular complexity index is 340. The van der Waals surface area contributed by atoms with Crippen LogP contribution < -0.4 is 10.2 Å². The maximum Gasteiger partial charge on any atom is 0.151 e. The number of hydrogen-bond donors (Lipinski definition) is 1. The van der Waals surface area contributed by atoms with Crippen LogP contribution in [0.25, 0.3) is 0 Å². The molecule has 4 heteroatoms. The van der Waals surface area contributed by atoms with Gasteiger partial charge in [-0.15, -0.1) is 5.10 Å². The summed E-state index contributed by atoms with van der Waals surface area (Å²) >= 11 is 0. The number of nitrogens with one attached hydrogen (secondary N) is 1. The Morgan fingerprint density at radius 3 is 2.26 bits per heavy atom. The fraction of sp³-hybridized carbons (Fsp3) is 0.733. The van der Waals surface area contributed by atoms with Gasteiger partial charge in [-0.1, -0.05) is 27.7 Å². The van der Waals surface area contributed by atoms with E-state index in [1.54, 1.807) is 0 Å². The number of piperidine rings is 1. The predicted molar refractivity (Wildman–Crippen MR) is 81.6 cm³/mol. The lowest BCUT2D eigenvalue weighted by atomic mass is 10.0. The van der Waals surface area contributed by atoms with Crippen molar-refractivity contribution in [1.29, 1.82) is 0 Å². The molecule has 1 aliphatic rings. The lowest BCUT2D eigenvalue weighted by Crippen LogP contribution is -2.45. The standard InChI is InChI=1S/C13H22N4.C2H6/c1-10(2)14-12-6-8-17(9-7-12)13-5-4-11(3)15-16-13;1-2/h4-5,10,12,14H,6-9H2,1-3H3;1-2H3. The average molecular weight is 264 g/mol. The summed E-state index contributed by atoms with van der Waals surface area (Å²) in [6.45, 7) is 12.5. The van der Waals surface area contributed by atoms with Crippen LogP contribution in [-0.2, 0) is 0 Å². The molecule has 19 heavy (non-hydrogen) atoms. The Balaban J connectivity index is 0.000000861. The van der Waals surface area contributed by atoms with Gasteiger partial charge in [-0.2, -0.15) is 5.10 Å². The molecule has 2 heterocycles. The molecule has 0 spiro atoms. The smallest absolute Gasteiger partial charge is 0.151 e. The second-order valence-electron chi connectivity index (χ2n) is 5.12. The normalized spacial score (nSPS) is 16.2. The first-order chi connectivity index (χ1) is 9.15. The van der Waals surface area contributed by atoms with Gasteiger partial charge in [-0.25, -0.2) is 0 Å². The molecule has 1 N–H and O–H groups in total. The molecule has 0 unspecified atom stereocenters. The van der Waals surface area contributed by atoms with Crippen LogP contribution in [0.5, 0.6) is 0 Å². The summed E-state index contributed by atoms with van der Waals surface area (Å²) in [5.74, 6) is 1.01. The Labute approximate surface area is 117 Å². The van der Waals surface area contributed by atoms with Crippen molar-refractivity contribution in [3.05, 3.63) is 17.8 Å². The van der Waals surface area contributed by atoms with Gasteiger partial charge in [-0.3, -0.25) is 0 Å². The summed E-state index contributed by atoms with van der Waals surface area (Å²) in [6, 6.07) is 5.33. The van der Waals surface area contributed by atoms with Gasteiger partial charge in [0, 0.05) is 25.2 Å².